The van der Waals surface area contributed by atoms with E-state index in [1.54, 1.807) is 4.90 Å². The first-order chi connectivity index (χ1) is 16.2. The number of rotatable bonds is 9. The SMILES string of the molecule is CC(=O)Cc1ccc(CNc2ncnc(N(Cc3cc(C(F)(F)F)ccn3)C3CC3)c2F)cc1. The van der Waals surface area contributed by atoms with Crippen molar-refractivity contribution in [1.29, 1.82) is 0 Å². The maximum atomic E-state index is 15.3. The van der Waals surface area contributed by atoms with E-state index in [0.29, 0.717) is 13.0 Å². The molecule has 0 radical (unpaired) electrons. The highest BCUT2D eigenvalue weighted by atomic mass is 19.4. The van der Waals surface area contributed by atoms with Crippen LogP contribution in [-0.2, 0) is 30.5 Å². The number of ketones is 1. The Balaban J connectivity index is 1.50. The highest BCUT2D eigenvalue weighted by Crippen LogP contribution is 2.35. The smallest absolute Gasteiger partial charge is 0.363 e. The molecule has 1 aliphatic carbocycles. The average molecular weight is 473 g/mol. The molecule has 0 unspecified atom stereocenters. The lowest BCUT2D eigenvalue weighted by atomic mass is 10.1. The van der Waals surface area contributed by atoms with Gasteiger partial charge < -0.3 is 10.2 Å². The zero-order valence-electron chi connectivity index (χ0n) is 18.4. The molecule has 34 heavy (non-hydrogen) atoms. The van der Waals surface area contributed by atoms with Gasteiger partial charge in [0.1, 0.15) is 12.1 Å². The second-order valence-corrected chi connectivity index (χ2v) is 8.30. The zero-order valence-corrected chi connectivity index (χ0v) is 18.4. The fourth-order valence-electron chi connectivity index (χ4n) is 3.61. The lowest BCUT2D eigenvalue weighted by molar-refractivity contribution is -0.137. The van der Waals surface area contributed by atoms with Gasteiger partial charge in [-0.15, -0.1) is 0 Å². The number of nitrogens with zero attached hydrogens (tertiary/aromatic N) is 4. The van der Waals surface area contributed by atoms with Gasteiger partial charge in [0.05, 0.1) is 17.8 Å². The van der Waals surface area contributed by atoms with Crippen LogP contribution in [0.3, 0.4) is 0 Å². The maximum absolute atomic E-state index is 15.3. The molecule has 0 bridgehead atoms. The average Bonchev–Trinajstić information content (AvgIpc) is 3.63. The molecule has 2 heterocycles. The number of hydrogen-bond donors (Lipinski definition) is 1. The van der Waals surface area contributed by atoms with E-state index >= 15 is 4.39 Å². The lowest BCUT2D eigenvalue weighted by Crippen LogP contribution is -2.28. The summed E-state index contributed by atoms with van der Waals surface area (Å²) >= 11 is 0. The molecule has 0 amide bonds. The van der Waals surface area contributed by atoms with Crippen LogP contribution in [0.25, 0.3) is 0 Å². The van der Waals surface area contributed by atoms with Crippen molar-refractivity contribution in [2.75, 3.05) is 10.2 Å². The van der Waals surface area contributed by atoms with Gasteiger partial charge in [0.2, 0.25) is 5.82 Å². The molecule has 10 heteroatoms. The Bertz CT molecular complexity index is 1160. The third-order valence-electron chi connectivity index (χ3n) is 5.44. The quantitative estimate of drug-likeness (QED) is 0.444. The molecular weight excluding hydrogens is 450 g/mol. The van der Waals surface area contributed by atoms with Gasteiger partial charge >= 0.3 is 6.18 Å². The maximum Gasteiger partial charge on any atom is 0.416 e. The third-order valence-corrected chi connectivity index (χ3v) is 5.44. The van der Waals surface area contributed by atoms with E-state index < -0.39 is 17.6 Å². The van der Waals surface area contributed by atoms with E-state index in [-0.39, 0.29) is 35.7 Å². The number of Topliss-reactive ketones (excluding diaryl/α,β-unsaturated/α-hetero) is 1. The van der Waals surface area contributed by atoms with Crippen molar-refractivity contribution in [3.8, 4) is 0 Å². The predicted molar refractivity (Wildman–Crippen MR) is 119 cm³/mol. The van der Waals surface area contributed by atoms with E-state index in [9.17, 15) is 18.0 Å². The van der Waals surface area contributed by atoms with Crippen LogP contribution in [0.2, 0.25) is 0 Å². The first-order valence-electron chi connectivity index (χ1n) is 10.8. The number of carbonyl (C=O) groups is 1. The lowest BCUT2D eigenvalue weighted by Gasteiger charge is -2.24. The van der Waals surface area contributed by atoms with Gasteiger partial charge in [-0.3, -0.25) is 9.78 Å². The topological polar surface area (TPSA) is 71.0 Å². The van der Waals surface area contributed by atoms with Gasteiger partial charge in [0.25, 0.3) is 0 Å². The highest BCUT2D eigenvalue weighted by molar-refractivity contribution is 5.78. The Morgan fingerprint density at radius 1 is 1.09 bits per heavy atom. The Hall–Kier alpha value is -3.56. The number of alkyl halides is 3. The van der Waals surface area contributed by atoms with Crippen LogP contribution in [0.1, 0.15) is 42.1 Å². The molecule has 1 aliphatic rings. The van der Waals surface area contributed by atoms with Crippen LogP contribution in [0.15, 0.2) is 48.9 Å². The number of nitrogens with one attached hydrogen (secondary N) is 1. The summed E-state index contributed by atoms with van der Waals surface area (Å²) in [4.78, 5) is 25.0. The first-order valence-corrected chi connectivity index (χ1v) is 10.8. The van der Waals surface area contributed by atoms with Gasteiger partial charge in [0.15, 0.2) is 11.6 Å². The molecule has 1 saturated carbocycles. The number of benzene rings is 1. The van der Waals surface area contributed by atoms with E-state index in [1.165, 1.54) is 13.3 Å². The summed E-state index contributed by atoms with van der Waals surface area (Å²) in [5.41, 5.74) is 1.15. The Morgan fingerprint density at radius 3 is 2.44 bits per heavy atom. The van der Waals surface area contributed by atoms with Crippen molar-refractivity contribution in [3.05, 3.63) is 77.1 Å². The normalized spacial score (nSPS) is 13.6. The molecule has 1 fully saturated rings. The molecule has 0 spiro atoms. The number of hydrogen-bond acceptors (Lipinski definition) is 6. The van der Waals surface area contributed by atoms with Crippen molar-refractivity contribution in [3.63, 3.8) is 0 Å². The number of aromatic nitrogens is 3. The Labute approximate surface area is 194 Å². The van der Waals surface area contributed by atoms with Crippen LogP contribution in [-0.4, -0.2) is 26.8 Å². The molecule has 4 rings (SSSR count). The summed E-state index contributed by atoms with van der Waals surface area (Å²) in [6, 6.07) is 9.24. The predicted octanol–water partition coefficient (Wildman–Crippen LogP) is 4.94. The third kappa shape index (κ3) is 5.86. The van der Waals surface area contributed by atoms with E-state index in [2.05, 4.69) is 20.3 Å². The van der Waals surface area contributed by atoms with Gasteiger partial charge in [-0.2, -0.15) is 17.6 Å². The number of carbonyl (C=O) groups excluding carboxylic acids is 1. The summed E-state index contributed by atoms with van der Waals surface area (Å²) in [6.45, 7) is 1.82. The fraction of sp³-hybridized carbons (Fsp3) is 0.333. The van der Waals surface area contributed by atoms with E-state index in [1.807, 2.05) is 24.3 Å². The summed E-state index contributed by atoms with van der Waals surface area (Å²) in [5.74, 6) is -0.576. The van der Waals surface area contributed by atoms with Crippen LogP contribution in [0, 0.1) is 5.82 Å². The summed E-state index contributed by atoms with van der Waals surface area (Å²) in [5, 5.41) is 2.95. The van der Waals surface area contributed by atoms with Crippen molar-refractivity contribution >= 4 is 17.4 Å². The number of anilines is 2. The van der Waals surface area contributed by atoms with E-state index in [0.717, 1.165) is 42.3 Å². The van der Waals surface area contributed by atoms with Crippen LogP contribution >= 0.6 is 0 Å². The molecule has 2 aromatic heterocycles. The Morgan fingerprint density at radius 2 is 1.79 bits per heavy atom. The van der Waals surface area contributed by atoms with Gasteiger partial charge in [-0.1, -0.05) is 24.3 Å². The molecule has 1 N–H and O–H groups in total. The fourth-order valence-corrected chi connectivity index (χ4v) is 3.61. The van der Waals surface area contributed by atoms with Crippen molar-refractivity contribution < 1.29 is 22.4 Å². The largest absolute Gasteiger partial charge is 0.416 e. The molecule has 0 aliphatic heterocycles. The molecule has 178 valence electrons. The summed E-state index contributed by atoms with van der Waals surface area (Å²) in [7, 11) is 0. The molecule has 3 aromatic rings. The molecule has 6 nitrogen and oxygen atoms in total. The number of pyridine rings is 1. The van der Waals surface area contributed by atoms with Crippen LogP contribution < -0.4 is 10.2 Å². The van der Waals surface area contributed by atoms with E-state index in [4.69, 9.17) is 0 Å². The van der Waals surface area contributed by atoms with Crippen molar-refractivity contribution in [1.82, 2.24) is 15.0 Å². The first kappa shape index (κ1) is 23.6. The second-order valence-electron chi connectivity index (χ2n) is 8.30. The standard InChI is InChI=1S/C24H23F4N5O/c1-15(34)10-16-2-4-17(5-3-16)12-30-22-21(25)23(32-14-31-22)33(20-6-7-20)13-19-11-18(8-9-29-19)24(26,27)28/h2-5,8-9,11,14,20H,6-7,10,12-13H2,1H3,(H,30,31,32). The Kier molecular flexibility index (Phi) is 6.76. The summed E-state index contributed by atoms with van der Waals surface area (Å²) < 4.78 is 54.5. The summed E-state index contributed by atoms with van der Waals surface area (Å²) in [6.07, 6.45) is -0.214. The molecule has 1 aromatic carbocycles. The zero-order chi connectivity index (χ0) is 24.3. The van der Waals surface area contributed by atoms with Crippen molar-refractivity contribution in [2.24, 2.45) is 0 Å². The van der Waals surface area contributed by atoms with Crippen LogP contribution in [0.5, 0.6) is 0 Å². The van der Waals surface area contributed by atoms with Crippen LogP contribution in [0.4, 0.5) is 29.2 Å². The monoisotopic (exact) mass is 473 g/mol. The molecular formula is C24H23F4N5O. The molecule has 0 saturated heterocycles. The number of halogens is 4. The van der Waals surface area contributed by atoms with Crippen molar-refractivity contribution in [2.45, 2.75) is 51.5 Å². The van der Waals surface area contributed by atoms with Gasteiger partial charge in [-0.05, 0) is 43.0 Å². The van der Waals surface area contributed by atoms with Gasteiger partial charge in [-0.25, -0.2) is 9.97 Å². The minimum atomic E-state index is -4.48. The second kappa shape index (κ2) is 9.74. The minimum Gasteiger partial charge on any atom is -0.363 e. The molecule has 0 atom stereocenters. The highest BCUT2D eigenvalue weighted by Gasteiger charge is 2.34. The minimum absolute atomic E-state index is 0.000426. The van der Waals surface area contributed by atoms with Gasteiger partial charge in [0, 0.05) is 25.2 Å².